The first-order chi connectivity index (χ1) is 17.4. The molecule has 2 amide bonds. The number of hydrogen-bond acceptors (Lipinski definition) is 5. The highest BCUT2D eigenvalue weighted by atomic mass is 19.4. The van der Waals surface area contributed by atoms with Gasteiger partial charge in [-0.25, -0.2) is 8.78 Å². The third-order valence-electron chi connectivity index (χ3n) is 5.63. The highest BCUT2D eigenvalue weighted by Crippen LogP contribution is 2.30. The predicted octanol–water partition coefficient (Wildman–Crippen LogP) is 4.05. The van der Waals surface area contributed by atoms with Gasteiger partial charge in [-0.15, -0.1) is 13.2 Å². The van der Waals surface area contributed by atoms with Gasteiger partial charge in [-0.05, 0) is 56.0 Å². The summed E-state index contributed by atoms with van der Waals surface area (Å²) >= 11 is 0. The lowest BCUT2D eigenvalue weighted by atomic mass is 9.87. The van der Waals surface area contributed by atoms with Gasteiger partial charge < -0.3 is 25.2 Å². The lowest BCUT2D eigenvalue weighted by Gasteiger charge is -2.27. The summed E-state index contributed by atoms with van der Waals surface area (Å²) in [6.45, 7) is -0.248. The van der Waals surface area contributed by atoms with Crippen molar-refractivity contribution in [2.45, 2.75) is 38.1 Å². The van der Waals surface area contributed by atoms with Gasteiger partial charge in [0.2, 0.25) is 0 Å². The number of halogens is 5. The molecule has 0 aromatic heterocycles. The van der Waals surface area contributed by atoms with Gasteiger partial charge in [0.1, 0.15) is 11.6 Å². The van der Waals surface area contributed by atoms with E-state index < -0.39 is 59.1 Å². The number of benzene rings is 2. The normalized spacial score (nSPS) is 17.5. The van der Waals surface area contributed by atoms with Crippen LogP contribution in [-0.2, 0) is 4.79 Å². The summed E-state index contributed by atoms with van der Waals surface area (Å²) in [5.41, 5.74) is -0.535. The second-order valence-electron chi connectivity index (χ2n) is 8.28. The van der Waals surface area contributed by atoms with E-state index in [9.17, 15) is 36.3 Å². The second kappa shape index (κ2) is 11.9. The van der Waals surface area contributed by atoms with Crippen molar-refractivity contribution in [1.82, 2.24) is 10.6 Å². The van der Waals surface area contributed by atoms with Gasteiger partial charge in [0.05, 0.1) is 17.6 Å². The number of hydrogen-bond donors (Lipinski definition) is 3. The summed E-state index contributed by atoms with van der Waals surface area (Å²) < 4.78 is 74.7. The van der Waals surface area contributed by atoms with E-state index in [2.05, 4.69) is 15.4 Å². The van der Waals surface area contributed by atoms with E-state index in [-0.39, 0.29) is 24.4 Å². The molecule has 0 atom stereocenters. The topological polar surface area (TPSA) is 114 Å². The van der Waals surface area contributed by atoms with Crippen molar-refractivity contribution in [3.8, 4) is 11.5 Å². The van der Waals surface area contributed by atoms with Gasteiger partial charge >= 0.3 is 12.3 Å². The van der Waals surface area contributed by atoms with Gasteiger partial charge in [0.25, 0.3) is 11.8 Å². The Labute approximate surface area is 207 Å². The van der Waals surface area contributed by atoms with E-state index in [1.165, 1.54) is 0 Å². The molecule has 2 aromatic rings. The molecule has 3 rings (SSSR count). The van der Waals surface area contributed by atoms with Crippen molar-refractivity contribution < 1.29 is 50.9 Å². The Kier molecular flexibility index (Phi) is 8.90. The van der Waals surface area contributed by atoms with Crippen LogP contribution >= 0.6 is 0 Å². The average molecular weight is 530 g/mol. The van der Waals surface area contributed by atoms with Crippen LogP contribution in [0.2, 0.25) is 0 Å². The van der Waals surface area contributed by atoms with E-state index in [0.29, 0.717) is 31.7 Å². The Balaban J connectivity index is 1.46. The molecule has 1 aliphatic rings. The number of aliphatic carboxylic acids is 1. The van der Waals surface area contributed by atoms with Crippen LogP contribution < -0.4 is 20.1 Å². The van der Waals surface area contributed by atoms with Crippen molar-refractivity contribution in [3.63, 3.8) is 0 Å². The quantitative estimate of drug-likeness (QED) is 0.333. The average Bonchev–Trinajstić information content (AvgIpc) is 2.83. The molecule has 8 nitrogen and oxygen atoms in total. The molecule has 1 fully saturated rings. The van der Waals surface area contributed by atoms with Crippen LogP contribution in [-0.4, -0.2) is 48.4 Å². The minimum Gasteiger partial charge on any atom is -0.487 e. The van der Waals surface area contributed by atoms with E-state index in [4.69, 9.17) is 9.84 Å². The molecule has 1 saturated carbocycles. The molecule has 0 aliphatic heterocycles. The van der Waals surface area contributed by atoms with E-state index in [1.807, 2.05) is 0 Å². The number of carboxylic acid groups (broad SMARTS) is 1. The van der Waals surface area contributed by atoms with Crippen LogP contribution in [0.4, 0.5) is 22.0 Å². The molecule has 0 saturated heterocycles. The van der Waals surface area contributed by atoms with Crippen LogP contribution in [0, 0.1) is 17.6 Å². The molecular weight excluding hydrogens is 507 g/mol. The Morgan fingerprint density at radius 3 is 2.05 bits per heavy atom. The standard InChI is InChI=1S/C24H23F5N2O6/c25-18-12-20(36-15-5-3-14(4-6-15)23(34)35)19(26)11-17(18)22(33)31-10-9-30-21(32)13-1-7-16(8-2-13)37-24(27,28)29/h1-2,7-8,11-12,14-15H,3-6,9-10H2,(H,30,32)(H,31,33)(H,34,35). The van der Waals surface area contributed by atoms with Crippen molar-refractivity contribution in [2.75, 3.05) is 13.1 Å². The number of alkyl halides is 3. The molecule has 13 heteroatoms. The molecule has 0 unspecified atom stereocenters. The fourth-order valence-electron chi connectivity index (χ4n) is 3.76. The van der Waals surface area contributed by atoms with Crippen molar-refractivity contribution in [2.24, 2.45) is 5.92 Å². The molecule has 1 aliphatic carbocycles. The number of carbonyl (C=O) groups is 3. The molecule has 200 valence electrons. The number of amides is 2. The number of carboxylic acids is 1. The molecular formula is C24H23F5N2O6. The fraction of sp³-hybridized carbons (Fsp3) is 0.375. The summed E-state index contributed by atoms with van der Waals surface area (Å²) in [7, 11) is 0. The molecule has 2 aromatic carbocycles. The fourth-order valence-corrected chi connectivity index (χ4v) is 3.76. The first-order valence-corrected chi connectivity index (χ1v) is 11.2. The monoisotopic (exact) mass is 530 g/mol. The first-order valence-electron chi connectivity index (χ1n) is 11.2. The zero-order valence-corrected chi connectivity index (χ0v) is 19.2. The Bertz CT molecular complexity index is 1130. The van der Waals surface area contributed by atoms with Crippen molar-refractivity contribution >= 4 is 17.8 Å². The Morgan fingerprint density at radius 2 is 1.49 bits per heavy atom. The number of rotatable bonds is 9. The van der Waals surface area contributed by atoms with Crippen molar-refractivity contribution in [1.29, 1.82) is 0 Å². The molecule has 37 heavy (non-hydrogen) atoms. The zero-order chi connectivity index (χ0) is 27.2. The maximum atomic E-state index is 14.5. The lowest BCUT2D eigenvalue weighted by molar-refractivity contribution is -0.274. The molecule has 0 spiro atoms. The van der Waals surface area contributed by atoms with Crippen LogP contribution in [0.3, 0.4) is 0 Å². The molecule has 3 N–H and O–H groups in total. The Hall–Kier alpha value is -3.90. The third-order valence-corrected chi connectivity index (χ3v) is 5.63. The van der Waals surface area contributed by atoms with Crippen LogP contribution in [0.15, 0.2) is 36.4 Å². The molecule has 0 bridgehead atoms. The minimum absolute atomic E-state index is 0.0426. The van der Waals surface area contributed by atoms with Gasteiger partial charge in [-0.3, -0.25) is 14.4 Å². The predicted molar refractivity (Wildman–Crippen MR) is 118 cm³/mol. The van der Waals surface area contributed by atoms with Gasteiger partial charge in [-0.2, -0.15) is 0 Å². The van der Waals surface area contributed by atoms with Gasteiger partial charge in [0.15, 0.2) is 11.6 Å². The third kappa shape index (κ3) is 8.05. The molecule has 0 heterocycles. The van der Waals surface area contributed by atoms with E-state index in [1.54, 1.807) is 0 Å². The summed E-state index contributed by atoms with van der Waals surface area (Å²) in [6, 6.07) is 5.61. The molecule has 0 radical (unpaired) electrons. The summed E-state index contributed by atoms with van der Waals surface area (Å²) in [5.74, 6) is -5.83. The maximum Gasteiger partial charge on any atom is 0.573 e. The van der Waals surface area contributed by atoms with E-state index >= 15 is 0 Å². The summed E-state index contributed by atoms with van der Waals surface area (Å²) in [5, 5.41) is 13.8. The number of nitrogens with one attached hydrogen (secondary N) is 2. The Morgan fingerprint density at radius 1 is 0.892 bits per heavy atom. The zero-order valence-electron chi connectivity index (χ0n) is 19.2. The van der Waals surface area contributed by atoms with Gasteiger partial charge in [-0.1, -0.05) is 0 Å². The SMILES string of the molecule is O=C(NCCNC(=O)c1cc(F)c(OC2CCC(C(=O)O)CC2)cc1F)c1ccc(OC(F)(F)F)cc1. The second-order valence-corrected chi connectivity index (χ2v) is 8.28. The number of ether oxygens (including phenoxy) is 2. The van der Waals surface area contributed by atoms with E-state index in [0.717, 1.165) is 30.3 Å². The van der Waals surface area contributed by atoms with Crippen LogP contribution in [0.1, 0.15) is 46.4 Å². The maximum absolute atomic E-state index is 14.5. The largest absolute Gasteiger partial charge is 0.573 e. The summed E-state index contributed by atoms with van der Waals surface area (Å²) in [4.78, 5) is 35.3. The number of carbonyl (C=O) groups excluding carboxylic acids is 2. The lowest BCUT2D eigenvalue weighted by Crippen LogP contribution is -2.35. The minimum atomic E-state index is -4.86. The smallest absolute Gasteiger partial charge is 0.487 e. The highest BCUT2D eigenvalue weighted by molar-refractivity contribution is 5.95. The highest BCUT2D eigenvalue weighted by Gasteiger charge is 2.31. The van der Waals surface area contributed by atoms with Crippen LogP contribution in [0.25, 0.3) is 0 Å². The van der Waals surface area contributed by atoms with Crippen molar-refractivity contribution in [3.05, 3.63) is 59.2 Å². The first kappa shape index (κ1) is 27.7. The van der Waals surface area contributed by atoms with Crippen LogP contribution in [0.5, 0.6) is 11.5 Å². The summed E-state index contributed by atoms with van der Waals surface area (Å²) in [6.07, 6.45) is -3.87. The van der Waals surface area contributed by atoms with Gasteiger partial charge in [0, 0.05) is 24.7 Å².